The van der Waals surface area contributed by atoms with Crippen molar-refractivity contribution >= 4 is 11.9 Å². The summed E-state index contributed by atoms with van der Waals surface area (Å²) in [5.41, 5.74) is 2.72. The number of ether oxygens (including phenoxy) is 3. The molecule has 0 N–H and O–H groups in total. The van der Waals surface area contributed by atoms with Gasteiger partial charge in [0.25, 0.3) is 0 Å². The van der Waals surface area contributed by atoms with E-state index in [0.717, 1.165) is 62.6 Å². The lowest BCUT2D eigenvalue weighted by atomic mass is 9.63. The highest BCUT2D eigenvalue weighted by Gasteiger charge is 2.60. The van der Waals surface area contributed by atoms with E-state index < -0.39 is 12.3 Å². The van der Waals surface area contributed by atoms with Crippen molar-refractivity contribution in [3.63, 3.8) is 0 Å². The molecular formula is C27H44NO5+. The molecule has 6 heteroatoms. The van der Waals surface area contributed by atoms with Gasteiger partial charge < -0.3 is 14.2 Å². The van der Waals surface area contributed by atoms with Gasteiger partial charge in [-0.05, 0) is 77.6 Å². The van der Waals surface area contributed by atoms with Gasteiger partial charge in [0.15, 0.2) is 0 Å². The van der Waals surface area contributed by atoms with Crippen LogP contribution in [0.5, 0.6) is 0 Å². The number of rotatable bonds is 7. The molecule has 0 amide bonds. The highest BCUT2D eigenvalue weighted by molar-refractivity contribution is 5.86. The fraction of sp³-hybridized carbons (Fsp3) is 0.852. The van der Waals surface area contributed by atoms with E-state index in [4.69, 9.17) is 14.2 Å². The van der Waals surface area contributed by atoms with Gasteiger partial charge in [-0.3, -0.25) is 9.28 Å². The van der Waals surface area contributed by atoms with Crippen LogP contribution in [-0.2, 0) is 19.0 Å². The van der Waals surface area contributed by atoms with Crippen molar-refractivity contribution in [1.29, 1.82) is 0 Å². The summed E-state index contributed by atoms with van der Waals surface area (Å²) in [5.74, 6) is 1.45. The van der Waals surface area contributed by atoms with Gasteiger partial charge in [-0.25, -0.2) is 4.79 Å². The highest BCUT2D eigenvalue weighted by atomic mass is 16.7. The highest BCUT2D eigenvalue weighted by Crippen LogP contribution is 2.62. The third-order valence-electron chi connectivity index (χ3n) is 10.2. The van der Waals surface area contributed by atoms with Crippen molar-refractivity contribution in [3.05, 3.63) is 11.1 Å². The molecule has 5 unspecified atom stereocenters. The molecule has 0 aromatic carbocycles. The quantitative estimate of drug-likeness (QED) is 0.224. The number of nitrogens with zero attached hydrogens (tertiary/aromatic N) is 1. The lowest BCUT2D eigenvalue weighted by Gasteiger charge is -2.43. The Morgan fingerprint density at radius 1 is 1.09 bits per heavy atom. The molecule has 4 aliphatic rings. The number of hydrogen-bond donors (Lipinski definition) is 0. The lowest BCUT2D eigenvalue weighted by Crippen LogP contribution is -2.49. The Morgan fingerprint density at radius 3 is 2.48 bits per heavy atom. The maximum absolute atomic E-state index is 12.9. The van der Waals surface area contributed by atoms with E-state index in [0.29, 0.717) is 31.1 Å². The first kappa shape index (κ1) is 24.7. The summed E-state index contributed by atoms with van der Waals surface area (Å²) in [5, 5.41) is 0. The van der Waals surface area contributed by atoms with E-state index in [1.54, 1.807) is 5.57 Å². The molecule has 0 aliphatic heterocycles. The zero-order chi connectivity index (χ0) is 23.8. The van der Waals surface area contributed by atoms with Crippen LogP contribution in [0.15, 0.2) is 11.1 Å². The van der Waals surface area contributed by atoms with Gasteiger partial charge in [0.1, 0.15) is 11.9 Å². The first-order chi connectivity index (χ1) is 15.8. The van der Waals surface area contributed by atoms with E-state index in [1.807, 2.05) is 7.11 Å². The summed E-state index contributed by atoms with van der Waals surface area (Å²) in [6.07, 6.45) is 7.32. The zero-order valence-corrected chi connectivity index (χ0v) is 21.4. The molecule has 1 spiro atoms. The normalized spacial score (nSPS) is 36.2. The first-order valence-corrected chi connectivity index (χ1v) is 13.3. The van der Waals surface area contributed by atoms with E-state index in [2.05, 4.69) is 27.7 Å². The summed E-state index contributed by atoms with van der Waals surface area (Å²) < 4.78 is 18.0. The van der Waals surface area contributed by atoms with Crippen LogP contribution in [0.2, 0.25) is 0 Å². The average molecular weight is 463 g/mol. The molecule has 4 rings (SSSR count). The summed E-state index contributed by atoms with van der Waals surface area (Å²) >= 11 is 0. The van der Waals surface area contributed by atoms with Gasteiger partial charge in [-0.2, -0.15) is 0 Å². The average Bonchev–Trinajstić information content (AvgIpc) is 3.34. The Kier molecular flexibility index (Phi) is 7.26. The molecule has 0 radical (unpaired) electrons. The third-order valence-corrected chi connectivity index (χ3v) is 10.2. The molecule has 6 atom stereocenters. The molecule has 0 heterocycles. The predicted molar refractivity (Wildman–Crippen MR) is 126 cm³/mol. The fourth-order valence-corrected chi connectivity index (χ4v) is 7.66. The number of allylic oxidation sites excluding steroid dienone is 1. The smallest absolute Gasteiger partial charge is 0.429 e. The number of methoxy groups -OCH3 is 1. The van der Waals surface area contributed by atoms with E-state index >= 15 is 0 Å². The summed E-state index contributed by atoms with van der Waals surface area (Å²) in [6.45, 7) is 11.5. The van der Waals surface area contributed by atoms with Crippen LogP contribution in [0.1, 0.15) is 79.1 Å². The van der Waals surface area contributed by atoms with Crippen LogP contribution in [0.4, 0.5) is 4.79 Å². The summed E-state index contributed by atoms with van der Waals surface area (Å²) in [7, 11) is 1.83. The van der Waals surface area contributed by atoms with Crippen molar-refractivity contribution in [2.75, 3.05) is 33.5 Å². The van der Waals surface area contributed by atoms with E-state index in [9.17, 15) is 9.59 Å². The van der Waals surface area contributed by atoms with Gasteiger partial charge in [-0.1, -0.05) is 18.1 Å². The Labute approximate surface area is 199 Å². The molecule has 2 saturated carbocycles. The molecule has 0 bridgehead atoms. The van der Waals surface area contributed by atoms with E-state index in [-0.39, 0.29) is 17.1 Å². The molecule has 2 fully saturated rings. The lowest BCUT2D eigenvalue weighted by molar-refractivity contribution is -0.939. The number of carbonyl (C=O) groups is 2. The second-order valence-electron chi connectivity index (χ2n) is 10.9. The van der Waals surface area contributed by atoms with Gasteiger partial charge >= 0.3 is 6.16 Å². The molecule has 6 nitrogen and oxygen atoms in total. The summed E-state index contributed by atoms with van der Waals surface area (Å²) in [4.78, 5) is 25.8. The maximum atomic E-state index is 12.9. The second-order valence-corrected chi connectivity index (χ2v) is 10.9. The Balaban J connectivity index is 1.52. The van der Waals surface area contributed by atoms with Crippen LogP contribution in [0.3, 0.4) is 0 Å². The number of quaternary nitrogens is 1. The SMILES string of the molecule is CC[N+](CC)(CC)COC(=O)O[C@H]1CC(=O)C(C)C12CCC1=C2CCC2CC(OC)CCC12. The van der Waals surface area contributed by atoms with E-state index in [1.165, 1.54) is 12.0 Å². The van der Waals surface area contributed by atoms with Gasteiger partial charge in [0.05, 0.1) is 25.7 Å². The number of ketones is 1. The van der Waals surface area contributed by atoms with Crippen LogP contribution in [-0.4, -0.2) is 62.1 Å². The minimum absolute atomic E-state index is 0.0912. The largest absolute Gasteiger partial charge is 0.512 e. The minimum atomic E-state index is -0.609. The predicted octanol–water partition coefficient (Wildman–Crippen LogP) is 5.25. The van der Waals surface area contributed by atoms with Crippen LogP contribution in [0.25, 0.3) is 0 Å². The van der Waals surface area contributed by atoms with Crippen LogP contribution < -0.4 is 0 Å². The molecular weight excluding hydrogens is 418 g/mol. The van der Waals surface area contributed by atoms with Crippen molar-refractivity contribution in [1.82, 2.24) is 0 Å². The van der Waals surface area contributed by atoms with Crippen molar-refractivity contribution < 1.29 is 28.3 Å². The molecule has 0 aromatic heterocycles. The van der Waals surface area contributed by atoms with Gasteiger partial charge in [-0.15, -0.1) is 0 Å². The summed E-state index contributed by atoms with van der Waals surface area (Å²) in [6, 6.07) is 0. The Morgan fingerprint density at radius 2 is 1.82 bits per heavy atom. The molecule has 0 aromatic rings. The van der Waals surface area contributed by atoms with Crippen LogP contribution >= 0.6 is 0 Å². The Bertz CT molecular complexity index is 779. The second kappa shape index (κ2) is 9.69. The standard InChI is InChI=1S/C27H44NO5/c1-6-28(7-2,8-3)17-32-26(30)33-25-16-24(29)18(4)27(25)14-13-22-21-11-10-20(31-5)15-19(21)9-12-23(22)27/h18-21,25H,6-17H2,1-5H3/q+1/t18?,19?,20?,21?,25-,27?/m0/s1. The molecule has 33 heavy (non-hydrogen) atoms. The molecule has 4 aliphatic carbocycles. The monoisotopic (exact) mass is 462 g/mol. The first-order valence-electron chi connectivity index (χ1n) is 13.3. The number of Topliss-reactive ketones (excluding diaryl/α,β-unsaturated/α-hetero) is 1. The van der Waals surface area contributed by atoms with Crippen LogP contribution in [0, 0.1) is 23.2 Å². The number of hydrogen-bond acceptors (Lipinski definition) is 5. The van der Waals surface area contributed by atoms with Crippen molar-refractivity contribution in [2.24, 2.45) is 23.2 Å². The number of carbonyl (C=O) groups excluding carboxylic acids is 2. The third kappa shape index (κ3) is 4.16. The topological polar surface area (TPSA) is 61.8 Å². The van der Waals surface area contributed by atoms with Gasteiger partial charge in [0.2, 0.25) is 6.73 Å². The van der Waals surface area contributed by atoms with Crippen molar-refractivity contribution in [2.45, 2.75) is 91.3 Å². The van der Waals surface area contributed by atoms with Crippen molar-refractivity contribution in [3.8, 4) is 0 Å². The number of fused-ring (bicyclic) bond motifs is 3. The maximum Gasteiger partial charge on any atom is 0.512 e. The zero-order valence-electron chi connectivity index (χ0n) is 21.4. The fourth-order valence-electron chi connectivity index (χ4n) is 7.66. The Hall–Kier alpha value is -1.40. The minimum Gasteiger partial charge on any atom is -0.429 e. The molecule has 186 valence electrons. The molecule has 0 saturated heterocycles. The van der Waals surface area contributed by atoms with Gasteiger partial charge in [0, 0.05) is 24.9 Å².